The predicted molar refractivity (Wildman–Crippen MR) is 58.7 cm³/mol. The van der Waals surface area contributed by atoms with E-state index < -0.39 is 11.7 Å². The maximum atomic E-state index is 12.5. The third-order valence-electron chi connectivity index (χ3n) is 2.85. The van der Waals surface area contributed by atoms with Crippen molar-refractivity contribution in [3.8, 4) is 0 Å². The summed E-state index contributed by atoms with van der Waals surface area (Å²) in [6.45, 7) is 1.27. The Kier molecular flexibility index (Phi) is 3.24. The first kappa shape index (κ1) is 12.2. The van der Waals surface area contributed by atoms with Crippen LogP contribution in [0.1, 0.15) is 18.4 Å². The normalized spacial score (nSPS) is 21.6. The molecule has 0 saturated carbocycles. The Hall–Kier alpha value is -1.30. The van der Waals surface area contributed by atoms with Gasteiger partial charge in [-0.3, -0.25) is 0 Å². The SMILES string of the molecule is N[C@@H]1CCCN(c2cc(C(F)(F)F)ccn2)C1. The van der Waals surface area contributed by atoms with Crippen LogP contribution >= 0.6 is 0 Å². The van der Waals surface area contributed by atoms with E-state index in [1.807, 2.05) is 4.90 Å². The highest BCUT2D eigenvalue weighted by Gasteiger charge is 2.31. The van der Waals surface area contributed by atoms with E-state index in [2.05, 4.69) is 4.98 Å². The molecule has 0 amide bonds. The van der Waals surface area contributed by atoms with Crippen molar-refractivity contribution in [2.45, 2.75) is 25.1 Å². The molecule has 1 fully saturated rings. The molecule has 0 unspecified atom stereocenters. The molecular formula is C11H14F3N3. The van der Waals surface area contributed by atoms with E-state index in [4.69, 9.17) is 5.73 Å². The standard InChI is InChI=1S/C11H14F3N3/c12-11(13,14)8-3-4-16-10(6-8)17-5-1-2-9(15)7-17/h3-4,6,9H,1-2,5,7,15H2/t9-/m1/s1. The molecule has 0 radical (unpaired) electrons. The number of nitrogens with two attached hydrogens (primary N) is 1. The lowest BCUT2D eigenvalue weighted by molar-refractivity contribution is -0.137. The summed E-state index contributed by atoms with van der Waals surface area (Å²) in [4.78, 5) is 5.79. The van der Waals surface area contributed by atoms with Crippen molar-refractivity contribution in [3.63, 3.8) is 0 Å². The van der Waals surface area contributed by atoms with Crippen LogP contribution in [0.5, 0.6) is 0 Å². The molecular weight excluding hydrogens is 231 g/mol. The van der Waals surface area contributed by atoms with Crippen LogP contribution in [0.3, 0.4) is 0 Å². The van der Waals surface area contributed by atoms with Crippen molar-refractivity contribution in [1.82, 2.24) is 4.98 Å². The number of halogens is 3. The molecule has 1 aliphatic heterocycles. The van der Waals surface area contributed by atoms with E-state index in [0.717, 1.165) is 25.0 Å². The van der Waals surface area contributed by atoms with Crippen LogP contribution in [0, 0.1) is 0 Å². The number of rotatable bonds is 1. The molecule has 2 rings (SSSR count). The monoisotopic (exact) mass is 245 g/mol. The Morgan fingerprint density at radius 1 is 1.41 bits per heavy atom. The van der Waals surface area contributed by atoms with Gasteiger partial charge in [0.05, 0.1) is 5.56 Å². The molecule has 1 saturated heterocycles. The molecule has 3 nitrogen and oxygen atoms in total. The van der Waals surface area contributed by atoms with Gasteiger partial charge in [-0.25, -0.2) is 4.98 Å². The minimum absolute atomic E-state index is 0.0140. The van der Waals surface area contributed by atoms with Crippen molar-refractivity contribution in [1.29, 1.82) is 0 Å². The lowest BCUT2D eigenvalue weighted by Crippen LogP contribution is -2.43. The van der Waals surface area contributed by atoms with Gasteiger partial charge >= 0.3 is 6.18 Å². The second-order valence-corrected chi connectivity index (χ2v) is 4.25. The fraction of sp³-hybridized carbons (Fsp3) is 0.545. The molecule has 1 aromatic heterocycles. The summed E-state index contributed by atoms with van der Waals surface area (Å²) in [6.07, 6.45) is -1.33. The number of hydrogen-bond donors (Lipinski definition) is 1. The van der Waals surface area contributed by atoms with Gasteiger partial charge in [-0.2, -0.15) is 13.2 Å². The molecule has 1 aromatic rings. The molecule has 0 bridgehead atoms. The summed E-state index contributed by atoms with van der Waals surface area (Å²) in [5, 5.41) is 0. The van der Waals surface area contributed by atoms with E-state index in [1.54, 1.807) is 0 Å². The maximum Gasteiger partial charge on any atom is 0.416 e. The summed E-state index contributed by atoms with van der Waals surface area (Å²) in [6, 6.07) is 2.07. The molecule has 6 heteroatoms. The molecule has 1 atom stereocenters. The number of alkyl halides is 3. The van der Waals surface area contributed by atoms with Crippen LogP contribution in [0.2, 0.25) is 0 Å². The van der Waals surface area contributed by atoms with Gasteiger partial charge in [0.2, 0.25) is 0 Å². The van der Waals surface area contributed by atoms with Crippen LogP contribution < -0.4 is 10.6 Å². The molecule has 17 heavy (non-hydrogen) atoms. The second kappa shape index (κ2) is 4.52. The van der Waals surface area contributed by atoms with Gasteiger partial charge in [0.1, 0.15) is 5.82 Å². The lowest BCUT2D eigenvalue weighted by Gasteiger charge is -2.31. The lowest BCUT2D eigenvalue weighted by atomic mass is 10.1. The van der Waals surface area contributed by atoms with Gasteiger partial charge in [0.15, 0.2) is 0 Å². The van der Waals surface area contributed by atoms with E-state index in [1.165, 1.54) is 6.20 Å². The summed E-state index contributed by atoms with van der Waals surface area (Å²) in [5.41, 5.74) is 5.13. The topological polar surface area (TPSA) is 42.1 Å². The summed E-state index contributed by atoms with van der Waals surface area (Å²) in [5.74, 6) is 0.356. The fourth-order valence-corrected chi connectivity index (χ4v) is 1.99. The summed E-state index contributed by atoms with van der Waals surface area (Å²) >= 11 is 0. The molecule has 0 aromatic carbocycles. The predicted octanol–water partition coefficient (Wildman–Crippen LogP) is 2.03. The Balaban J connectivity index is 2.21. The first-order valence-electron chi connectivity index (χ1n) is 5.50. The van der Waals surface area contributed by atoms with Crippen molar-refractivity contribution >= 4 is 5.82 Å². The zero-order chi connectivity index (χ0) is 12.5. The average Bonchev–Trinajstić information content (AvgIpc) is 2.28. The summed E-state index contributed by atoms with van der Waals surface area (Å²) < 4.78 is 37.6. The van der Waals surface area contributed by atoms with Gasteiger partial charge in [0.25, 0.3) is 0 Å². The average molecular weight is 245 g/mol. The smallest absolute Gasteiger partial charge is 0.355 e. The van der Waals surface area contributed by atoms with Crippen molar-refractivity contribution in [2.24, 2.45) is 5.73 Å². The highest BCUT2D eigenvalue weighted by atomic mass is 19.4. The number of pyridine rings is 1. The number of aromatic nitrogens is 1. The van der Waals surface area contributed by atoms with Crippen molar-refractivity contribution < 1.29 is 13.2 Å². The van der Waals surface area contributed by atoms with Crippen LogP contribution in [0.4, 0.5) is 19.0 Å². The van der Waals surface area contributed by atoms with Crippen LogP contribution in [-0.4, -0.2) is 24.1 Å². The third kappa shape index (κ3) is 2.88. The van der Waals surface area contributed by atoms with Crippen LogP contribution in [-0.2, 0) is 6.18 Å². The summed E-state index contributed by atoms with van der Waals surface area (Å²) in [7, 11) is 0. The zero-order valence-electron chi connectivity index (χ0n) is 9.24. The number of hydrogen-bond acceptors (Lipinski definition) is 3. The Morgan fingerprint density at radius 3 is 2.82 bits per heavy atom. The number of piperidine rings is 1. The van der Waals surface area contributed by atoms with Crippen molar-refractivity contribution in [2.75, 3.05) is 18.0 Å². The Bertz CT molecular complexity index is 392. The van der Waals surface area contributed by atoms with Gasteiger partial charge in [-0.05, 0) is 25.0 Å². The van der Waals surface area contributed by atoms with Gasteiger partial charge in [0, 0.05) is 25.3 Å². The van der Waals surface area contributed by atoms with E-state index >= 15 is 0 Å². The maximum absolute atomic E-state index is 12.5. The van der Waals surface area contributed by atoms with Crippen LogP contribution in [0.25, 0.3) is 0 Å². The second-order valence-electron chi connectivity index (χ2n) is 4.25. The largest absolute Gasteiger partial charge is 0.416 e. The Labute approximate surface area is 97.4 Å². The Morgan fingerprint density at radius 2 is 2.18 bits per heavy atom. The first-order valence-corrected chi connectivity index (χ1v) is 5.50. The van der Waals surface area contributed by atoms with E-state index in [9.17, 15) is 13.2 Å². The molecule has 2 heterocycles. The highest BCUT2D eigenvalue weighted by molar-refractivity contribution is 5.42. The van der Waals surface area contributed by atoms with E-state index in [0.29, 0.717) is 18.9 Å². The molecule has 1 aliphatic rings. The molecule has 94 valence electrons. The van der Waals surface area contributed by atoms with Gasteiger partial charge < -0.3 is 10.6 Å². The van der Waals surface area contributed by atoms with Gasteiger partial charge in [-0.1, -0.05) is 0 Å². The van der Waals surface area contributed by atoms with Gasteiger partial charge in [-0.15, -0.1) is 0 Å². The van der Waals surface area contributed by atoms with Crippen LogP contribution in [0.15, 0.2) is 18.3 Å². The minimum atomic E-state index is -4.32. The number of anilines is 1. The quantitative estimate of drug-likeness (QED) is 0.823. The minimum Gasteiger partial charge on any atom is -0.355 e. The van der Waals surface area contributed by atoms with E-state index in [-0.39, 0.29) is 6.04 Å². The molecule has 0 spiro atoms. The molecule has 2 N–H and O–H groups in total. The molecule has 0 aliphatic carbocycles. The zero-order valence-corrected chi connectivity index (χ0v) is 9.24. The third-order valence-corrected chi connectivity index (χ3v) is 2.85. The fourth-order valence-electron chi connectivity index (χ4n) is 1.99. The first-order chi connectivity index (χ1) is 7.97. The van der Waals surface area contributed by atoms with Crippen molar-refractivity contribution in [3.05, 3.63) is 23.9 Å². The number of nitrogens with zero attached hydrogens (tertiary/aromatic N) is 2. The highest BCUT2D eigenvalue weighted by Crippen LogP contribution is 2.31.